The Morgan fingerprint density at radius 3 is 2.59 bits per heavy atom. The molecule has 0 spiro atoms. The highest BCUT2D eigenvalue weighted by Crippen LogP contribution is 2.08. The molecule has 2 amide bonds. The number of benzene rings is 2. The molecule has 0 saturated carbocycles. The van der Waals surface area contributed by atoms with Gasteiger partial charge < -0.3 is 5.32 Å². The Morgan fingerprint density at radius 2 is 1.83 bits per heavy atom. The number of hydrazone groups is 1. The maximum Gasteiger partial charge on any atom is 0.329 e. The van der Waals surface area contributed by atoms with E-state index in [4.69, 9.17) is 0 Å². The number of amides is 2. The fourth-order valence-electron chi connectivity index (χ4n) is 2.39. The molecular formula is C21H20N6O2. The highest BCUT2D eigenvalue weighted by molar-refractivity contribution is 6.39. The SMILES string of the molecule is Cc1ccc(NC(=O)C(=O)N/N=C\C=C\c2cn(Cc3ccccc3)nn2)cc1. The average Bonchev–Trinajstić information content (AvgIpc) is 3.17. The summed E-state index contributed by atoms with van der Waals surface area (Å²) in [6.45, 7) is 2.56. The molecule has 0 fully saturated rings. The summed E-state index contributed by atoms with van der Waals surface area (Å²) >= 11 is 0. The average molecular weight is 388 g/mol. The third-order valence-corrected chi connectivity index (χ3v) is 3.85. The molecule has 0 bridgehead atoms. The second kappa shape index (κ2) is 9.75. The normalized spacial score (nSPS) is 11.1. The van der Waals surface area contributed by atoms with Crippen LogP contribution in [0.4, 0.5) is 5.69 Å². The highest BCUT2D eigenvalue weighted by atomic mass is 16.2. The number of aromatic nitrogens is 3. The molecule has 146 valence electrons. The van der Waals surface area contributed by atoms with Crippen molar-refractivity contribution in [3.8, 4) is 0 Å². The molecule has 29 heavy (non-hydrogen) atoms. The van der Waals surface area contributed by atoms with Crippen LogP contribution < -0.4 is 10.7 Å². The molecule has 8 heteroatoms. The molecule has 0 atom stereocenters. The van der Waals surface area contributed by atoms with E-state index < -0.39 is 11.8 Å². The largest absolute Gasteiger partial charge is 0.329 e. The minimum absolute atomic E-state index is 0.540. The van der Waals surface area contributed by atoms with E-state index in [1.165, 1.54) is 6.21 Å². The summed E-state index contributed by atoms with van der Waals surface area (Å²) < 4.78 is 1.73. The Morgan fingerprint density at radius 1 is 1.07 bits per heavy atom. The highest BCUT2D eigenvalue weighted by Gasteiger charge is 2.12. The van der Waals surface area contributed by atoms with Gasteiger partial charge in [-0.1, -0.05) is 53.2 Å². The van der Waals surface area contributed by atoms with Crippen LogP contribution in [0.15, 0.2) is 72.0 Å². The zero-order valence-electron chi connectivity index (χ0n) is 15.8. The van der Waals surface area contributed by atoms with Crippen LogP contribution in [0.2, 0.25) is 0 Å². The molecule has 0 aliphatic rings. The number of anilines is 1. The van der Waals surface area contributed by atoms with Crippen molar-refractivity contribution in [2.75, 3.05) is 5.32 Å². The van der Waals surface area contributed by atoms with Crippen LogP contribution >= 0.6 is 0 Å². The van der Waals surface area contributed by atoms with E-state index >= 15 is 0 Å². The summed E-state index contributed by atoms with van der Waals surface area (Å²) in [5.41, 5.74) is 5.54. The maximum atomic E-state index is 11.8. The van der Waals surface area contributed by atoms with Crippen molar-refractivity contribution >= 4 is 29.8 Å². The molecule has 0 radical (unpaired) electrons. The topological polar surface area (TPSA) is 101 Å². The fraction of sp³-hybridized carbons (Fsp3) is 0.0952. The molecule has 2 N–H and O–H groups in total. The zero-order valence-corrected chi connectivity index (χ0v) is 15.8. The van der Waals surface area contributed by atoms with E-state index in [1.807, 2.05) is 49.4 Å². The van der Waals surface area contributed by atoms with E-state index in [-0.39, 0.29) is 0 Å². The number of nitrogens with one attached hydrogen (secondary N) is 2. The van der Waals surface area contributed by atoms with Gasteiger partial charge in [-0.3, -0.25) is 9.59 Å². The number of aryl methyl sites for hydroxylation is 1. The summed E-state index contributed by atoms with van der Waals surface area (Å²) in [7, 11) is 0. The van der Waals surface area contributed by atoms with Crippen molar-refractivity contribution in [2.45, 2.75) is 13.5 Å². The van der Waals surface area contributed by atoms with Crippen molar-refractivity contribution < 1.29 is 9.59 Å². The molecule has 0 aliphatic heterocycles. The van der Waals surface area contributed by atoms with Gasteiger partial charge in [0.25, 0.3) is 0 Å². The van der Waals surface area contributed by atoms with Crippen molar-refractivity contribution in [1.82, 2.24) is 20.4 Å². The van der Waals surface area contributed by atoms with Gasteiger partial charge in [-0.05, 0) is 36.8 Å². The quantitative estimate of drug-likeness (QED) is 0.385. The van der Waals surface area contributed by atoms with Crippen molar-refractivity contribution in [3.05, 3.63) is 83.7 Å². The number of hydrogen-bond donors (Lipinski definition) is 2. The Labute approximate surface area is 167 Å². The van der Waals surface area contributed by atoms with E-state index in [0.717, 1.165) is 11.1 Å². The maximum absolute atomic E-state index is 11.8. The van der Waals surface area contributed by atoms with Crippen LogP contribution in [0, 0.1) is 6.92 Å². The van der Waals surface area contributed by atoms with Gasteiger partial charge in [0, 0.05) is 11.9 Å². The third-order valence-electron chi connectivity index (χ3n) is 3.85. The monoisotopic (exact) mass is 388 g/mol. The first-order valence-electron chi connectivity index (χ1n) is 8.92. The second-order valence-electron chi connectivity index (χ2n) is 6.22. The van der Waals surface area contributed by atoms with Crippen molar-refractivity contribution in [2.24, 2.45) is 5.10 Å². The lowest BCUT2D eigenvalue weighted by molar-refractivity contribution is -0.136. The van der Waals surface area contributed by atoms with Crippen molar-refractivity contribution in [3.63, 3.8) is 0 Å². The Kier molecular flexibility index (Phi) is 6.62. The van der Waals surface area contributed by atoms with Crippen LogP contribution in [-0.2, 0) is 16.1 Å². The van der Waals surface area contributed by atoms with E-state index in [0.29, 0.717) is 17.9 Å². The summed E-state index contributed by atoms with van der Waals surface area (Å²) in [4.78, 5) is 23.5. The van der Waals surface area contributed by atoms with Gasteiger partial charge in [0.15, 0.2) is 0 Å². The minimum Gasteiger partial charge on any atom is -0.318 e. The predicted molar refractivity (Wildman–Crippen MR) is 111 cm³/mol. The van der Waals surface area contributed by atoms with Gasteiger partial charge in [0.1, 0.15) is 5.69 Å². The molecule has 1 heterocycles. The molecule has 1 aromatic heterocycles. The predicted octanol–water partition coefficient (Wildman–Crippen LogP) is 2.39. The smallest absolute Gasteiger partial charge is 0.318 e. The number of nitrogens with zero attached hydrogens (tertiary/aromatic N) is 4. The van der Waals surface area contributed by atoms with Gasteiger partial charge in [0.2, 0.25) is 0 Å². The first kappa shape index (κ1) is 19.7. The fourth-order valence-corrected chi connectivity index (χ4v) is 2.39. The standard InChI is InChI=1S/C21H20N6O2/c1-16-9-11-18(12-10-16)23-20(28)21(29)25-22-13-5-8-19-15-27(26-24-19)14-17-6-3-2-4-7-17/h2-13,15H,14H2,1H3,(H,23,28)(H,25,29)/b8-5+,22-13-. The Balaban J connectivity index is 1.44. The van der Waals surface area contributed by atoms with Crippen LogP contribution in [0.3, 0.4) is 0 Å². The number of allylic oxidation sites excluding steroid dienone is 1. The first-order valence-corrected chi connectivity index (χ1v) is 8.92. The minimum atomic E-state index is -0.857. The van der Waals surface area contributed by atoms with Gasteiger partial charge in [-0.15, -0.1) is 5.10 Å². The lowest BCUT2D eigenvalue weighted by Gasteiger charge is -2.03. The molecular weight excluding hydrogens is 368 g/mol. The molecule has 0 saturated heterocycles. The molecule has 0 unspecified atom stereocenters. The number of hydrogen-bond acceptors (Lipinski definition) is 5. The second-order valence-corrected chi connectivity index (χ2v) is 6.22. The lowest BCUT2D eigenvalue weighted by Crippen LogP contribution is -2.32. The summed E-state index contributed by atoms with van der Waals surface area (Å²) in [5, 5.41) is 14.3. The number of carbonyl (C=O) groups excluding carboxylic acids is 2. The summed E-state index contributed by atoms with van der Waals surface area (Å²) in [6, 6.07) is 17.1. The van der Waals surface area contributed by atoms with Crippen LogP contribution in [-0.4, -0.2) is 33.0 Å². The third kappa shape index (κ3) is 6.24. The molecule has 2 aromatic carbocycles. The molecule has 3 rings (SSSR count). The summed E-state index contributed by atoms with van der Waals surface area (Å²) in [6.07, 6.45) is 6.43. The van der Waals surface area contributed by atoms with Gasteiger partial charge in [0.05, 0.1) is 12.7 Å². The summed E-state index contributed by atoms with van der Waals surface area (Å²) in [5.74, 6) is -1.65. The molecule has 0 aliphatic carbocycles. The van der Waals surface area contributed by atoms with E-state index in [1.54, 1.807) is 35.2 Å². The first-order chi connectivity index (χ1) is 14.1. The lowest BCUT2D eigenvalue weighted by atomic mass is 10.2. The number of carbonyl (C=O) groups is 2. The van der Waals surface area contributed by atoms with Crippen LogP contribution in [0.25, 0.3) is 6.08 Å². The van der Waals surface area contributed by atoms with E-state index in [9.17, 15) is 9.59 Å². The van der Waals surface area contributed by atoms with Crippen molar-refractivity contribution in [1.29, 1.82) is 0 Å². The zero-order chi connectivity index (χ0) is 20.5. The molecule has 3 aromatic rings. The van der Waals surface area contributed by atoms with Gasteiger partial charge in [-0.25, -0.2) is 10.1 Å². The van der Waals surface area contributed by atoms with Crippen LogP contribution in [0.1, 0.15) is 16.8 Å². The van der Waals surface area contributed by atoms with E-state index in [2.05, 4.69) is 26.2 Å². The Bertz CT molecular complexity index is 1020. The van der Waals surface area contributed by atoms with Gasteiger partial charge in [-0.2, -0.15) is 5.10 Å². The Hall–Kier alpha value is -4.07. The van der Waals surface area contributed by atoms with Crippen LogP contribution in [0.5, 0.6) is 0 Å². The molecule has 8 nitrogen and oxygen atoms in total. The number of rotatable bonds is 6. The van der Waals surface area contributed by atoms with Gasteiger partial charge >= 0.3 is 11.8 Å².